The van der Waals surface area contributed by atoms with Crippen molar-refractivity contribution in [3.05, 3.63) is 83.6 Å². The summed E-state index contributed by atoms with van der Waals surface area (Å²) in [5.74, 6) is -0.217. The second-order valence-electron chi connectivity index (χ2n) is 8.56. The zero-order chi connectivity index (χ0) is 23.6. The molecule has 35 heavy (non-hydrogen) atoms. The van der Waals surface area contributed by atoms with Crippen molar-refractivity contribution in [3.63, 3.8) is 0 Å². The fraction of sp³-hybridized carbons (Fsp3) is 0.192. The Balaban J connectivity index is 1.27. The average Bonchev–Trinajstić information content (AvgIpc) is 3.63. The zero-order valence-corrected chi connectivity index (χ0v) is 19.9. The minimum Gasteiger partial charge on any atom is -0.321 e. The molecule has 0 saturated carbocycles. The van der Waals surface area contributed by atoms with E-state index >= 15 is 0 Å². The van der Waals surface area contributed by atoms with Gasteiger partial charge in [0.1, 0.15) is 0 Å². The number of carbonyl (C=O) groups is 1. The van der Waals surface area contributed by atoms with Crippen molar-refractivity contribution >= 4 is 27.9 Å². The molecule has 0 bridgehead atoms. The second-order valence-corrected chi connectivity index (χ2v) is 9.39. The highest BCUT2D eigenvalue weighted by atomic mass is 32.1. The number of benzene rings is 2. The van der Waals surface area contributed by atoms with Gasteiger partial charge in [0, 0.05) is 61.1 Å². The average molecular weight is 484 g/mol. The van der Waals surface area contributed by atoms with Gasteiger partial charge in [0.05, 0.1) is 28.8 Å². The summed E-state index contributed by atoms with van der Waals surface area (Å²) in [7, 11) is 0. The molecule has 176 valence electrons. The molecule has 0 spiro atoms. The normalized spacial score (nSPS) is 14.4. The van der Waals surface area contributed by atoms with E-state index in [1.54, 1.807) is 17.5 Å². The summed E-state index contributed by atoms with van der Waals surface area (Å²) in [6.45, 7) is 5.05. The number of nitrogens with zero attached hydrogens (tertiary/aromatic N) is 4. The standard InChI is InChI=1S/C26H25N7OS/c34-25(21-14-28-31-24(21)18-6-2-1-3-7-18)29-22-9-5-4-8-20(22)23-16-33-19(17-35-26(33)30-23)15-32-12-10-27-11-13-32/h1-9,14,16-17,27H,10-13,15H2,(H,28,31)(H,29,34). The van der Waals surface area contributed by atoms with Gasteiger partial charge in [-0.25, -0.2) is 4.98 Å². The summed E-state index contributed by atoms with van der Waals surface area (Å²) < 4.78 is 2.17. The lowest BCUT2D eigenvalue weighted by atomic mass is 10.1. The predicted octanol–water partition coefficient (Wildman–Crippen LogP) is 4.11. The highest BCUT2D eigenvalue weighted by Gasteiger charge is 2.19. The summed E-state index contributed by atoms with van der Waals surface area (Å²) >= 11 is 1.65. The Morgan fingerprint density at radius 1 is 1.06 bits per heavy atom. The number of piperazine rings is 1. The van der Waals surface area contributed by atoms with Gasteiger partial charge in [-0.15, -0.1) is 11.3 Å². The van der Waals surface area contributed by atoms with Gasteiger partial charge in [-0.3, -0.25) is 19.2 Å². The quantitative estimate of drug-likeness (QED) is 0.338. The summed E-state index contributed by atoms with van der Waals surface area (Å²) in [5.41, 5.74) is 5.77. The SMILES string of the molecule is O=C(Nc1ccccc1-c1cn2c(CN3CCNCC3)csc2n1)c1cn[nH]c1-c1ccccc1. The number of hydrogen-bond acceptors (Lipinski definition) is 6. The van der Waals surface area contributed by atoms with Crippen LogP contribution in [-0.2, 0) is 6.54 Å². The van der Waals surface area contributed by atoms with Crippen LogP contribution in [0.3, 0.4) is 0 Å². The van der Waals surface area contributed by atoms with E-state index < -0.39 is 0 Å². The van der Waals surface area contributed by atoms with Gasteiger partial charge in [0.15, 0.2) is 4.96 Å². The molecule has 3 aromatic heterocycles. The van der Waals surface area contributed by atoms with E-state index in [1.807, 2.05) is 54.6 Å². The van der Waals surface area contributed by atoms with Crippen molar-refractivity contribution in [3.8, 4) is 22.5 Å². The van der Waals surface area contributed by atoms with Crippen molar-refractivity contribution in [2.75, 3.05) is 31.5 Å². The number of H-pyrrole nitrogens is 1. The Morgan fingerprint density at radius 2 is 1.86 bits per heavy atom. The molecular formula is C26H25N7OS. The van der Waals surface area contributed by atoms with E-state index in [9.17, 15) is 4.79 Å². The van der Waals surface area contributed by atoms with Crippen LogP contribution in [0.5, 0.6) is 0 Å². The lowest BCUT2D eigenvalue weighted by Gasteiger charge is -2.26. The lowest BCUT2D eigenvalue weighted by Crippen LogP contribution is -2.43. The van der Waals surface area contributed by atoms with Crippen molar-refractivity contribution in [1.82, 2.24) is 29.8 Å². The van der Waals surface area contributed by atoms with E-state index in [0.29, 0.717) is 16.9 Å². The third kappa shape index (κ3) is 4.37. The van der Waals surface area contributed by atoms with E-state index in [0.717, 1.165) is 54.5 Å². The number of para-hydroxylation sites is 1. The first kappa shape index (κ1) is 21.7. The fourth-order valence-corrected chi connectivity index (χ4v) is 5.32. The maximum atomic E-state index is 13.2. The third-order valence-electron chi connectivity index (χ3n) is 6.28. The maximum absolute atomic E-state index is 13.2. The van der Waals surface area contributed by atoms with E-state index in [1.165, 1.54) is 5.69 Å². The second kappa shape index (κ2) is 9.46. The summed E-state index contributed by atoms with van der Waals surface area (Å²) in [6, 6.07) is 17.5. The Kier molecular flexibility index (Phi) is 5.87. The largest absolute Gasteiger partial charge is 0.321 e. The van der Waals surface area contributed by atoms with Gasteiger partial charge >= 0.3 is 0 Å². The molecule has 1 saturated heterocycles. The molecule has 5 aromatic rings. The van der Waals surface area contributed by atoms with Crippen LogP contribution in [0.1, 0.15) is 16.1 Å². The van der Waals surface area contributed by atoms with Crippen LogP contribution in [0, 0.1) is 0 Å². The van der Waals surface area contributed by atoms with E-state index in [-0.39, 0.29) is 5.91 Å². The lowest BCUT2D eigenvalue weighted by molar-refractivity contribution is 0.102. The van der Waals surface area contributed by atoms with Gasteiger partial charge in [0.25, 0.3) is 5.91 Å². The monoisotopic (exact) mass is 483 g/mol. The molecule has 0 atom stereocenters. The molecule has 0 radical (unpaired) electrons. The number of amides is 1. The molecule has 9 heteroatoms. The van der Waals surface area contributed by atoms with Crippen molar-refractivity contribution in [2.45, 2.75) is 6.54 Å². The van der Waals surface area contributed by atoms with Crippen molar-refractivity contribution in [1.29, 1.82) is 0 Å². The number of hydrogen-bond donors (Lipinski definition) is 3. The number of aromatic amines is 1. The smallest absolute Gasteiger partial charge is 0.259 e. The van der Waals surface area contributed by atoms with Gasteiger partial charge in [-0.05, 0) is 6.07 Å². The van der Waals surface area contributed by atoms with Gasteiger partial charge in [-0.1, -0.05) is 48.5 Å². The van der Waals surface area contributed by atoms with Crippen molar-refractivity contribution < 1.29 is 4.79 Å². The zero-order valence-electron chi connectivity index (χ0n) is 19.1. The predicted molar refractivity (Wildman–Crippen MR) is 139 cm³/mol. The molecular weight excluding hydrogens is 458 g/mol. The highest BCUT2D eigenvalue weighted by Crippen LogP contribution is 2.31. The number of imidazole rings is 1. The number of anilines is 1. The number of carbonyl (C=O) groups excluding carboxylic acids is 1. The Hall–Kier alpha value is -3.79. The first-order valence-corrected chi connectivity index (χ1v) is 12.5. The van der Waals surface area contributed by atoms with Gasteiger partial charge < -0.3 is 10.6 Å². The summed E-state index contributed by atoms with van der Waals surface area (Å²) in [4.78, 5) is 21.5. The maximum Gasteiger partial charge on any atom is 0.259 e. The van der Waals surface area contributed by atoms with Gasteiger partial charge in [0.2, 0.25) is 0 Å². The summed E-state index contributed by atoms with van der Waals surface area (Å²) in [6.07, 6.45) is 3.64. The van der Waals surface area contributed by atoms with Crippen LogP contribution in [0.2, 0.25) is 0 Å². The number of thiazole rings is 1. The molecule has 8 nitrogen and oxygen atoms in total. The molecule has 0 unspecified atom stereocenters. The fourth-order valence-electron chi connectivity index (χ4n) is 4.46. The molecule has 1 aliphatic rings. The van der Waals surface area contributed by atoms with Gasteiger partial charge in [-0.2, -0.15) is 5.10 Å². The van der Waals surface area contributed by atoms with Crippen LogP contribution in [-0.4, -0.2) is 56.6 Å². The molecule has 2 aromatic carbocycles. The topological polar surface area (TPSA) is 90.3 Å². The Labute approximate surface area is 206 Å². The first-order chi connectivity index (χ1) is 17.3. The molecule has 1 fully saturated rings. The number of aromatic nitrogens is 4. The van der Waals surface area contributed by atoms with Crippen LogP contribution in [0.25, 0.3) is 27.5 Å². The molecule has 0 aliphatic carbocycles. The van der Waals surface area contributed by atoms with E-state index in [4.69, 9.17) is 4.98 Å². The third-order valence-corrected chi connectivity index (χ3v) is 7.16. The summed E-state index contributed by atoms with van der Waals surface area (Å²) in [5, 5.41) is 15.7. The molecule has 3 N–H and O–H groups in total. The minimum atomic E-state index is -0.217. The van der Waals surface area contributed by atoms with Crippen LogP contribution < -0.4 is 10.6 Å². The molecule has 4 heterocycles. The number of fused-ring (bicyclic) bond motifs is 1. The first-order valence-electron chi connectivity index (χ1n) is 11.6. The van der Waals surface area contributed by atoms with E-state index in [2.05, 4.69) is 41.7 Å². The highest BCUT2D eigenvalue weighted by molar-refractivity contribution is 7.15. The van der Waals surface area contributed by atoms with Crippen LogP contribution >= 0.6 is 11.3 Å². The minimum absolute atomic E-state index is 0.217. The van der Waals surface area contributed by atoms with Crippen LogP contribution in [0.15, 0.2) is 72.4 Å². The Morgan fingerprint density at radius 3 is 2.71 bits per heavy atom. The molecule has 6 rings (SSSR count). The Bertz CT molecular complexity index is 1460. The number of nitrogens with one attached hydrogen (secondary N) is 3. The molecule has 1 aliphatic heterocycles. The molecule has 1 amide bonds. The van der Waals surface area contributed by atoms with Crippen LogP contribution in [0.4, 0.5) is 5.69 Å². The van der Waals surface area contributed by atoms with Crippen molar-refractivity contribution in [2.24, 2.45) is 0 Å². The number of rotatable bonds is 6.